The summed E-state index contributed by atoms with van der Waals surface area (Å²) in [7, 11) is 4.06. The Labute approximate surface area is 333 Å². The molecule has 0 aromatic heterocycles. The molecule has 1 aliphatic rings. The van der Waals surface area contributed by atoms with Crippen molar-refractivity contribution in [2.75, 3.05) is 33.8 Å². The second kappa shape index (κ2) is 36.4. The first kappa shape index (κ1) is 49.8. The average Bonchev–Trinajstić information content (AvgIpc) is 3.58. The van der Waals surface area contributed by atoms with Gasteiger partial charge in [0.2, 0.25) is 5.91 Å². The maximum absolute atomic E-state index is 13.4. The van der Waals surface area contributed by atoms with Gasteiger partial charge >= 0.3 is 5.97 Å². The van der Waals surface area contributed by atoms with Crippen molar-refractivity contribution in [1.82, 2.24) is 15.1 Å². The molecular formula is C47H85N3O4. The first-order valence-corrected chi connectivity index (χ1v) is 22.5. The summed E-state index contributed by atoms with van der Waals surface area (Å²) in [4.78, 5) is 30.5. The van der Waals surface area contributed by atoms with Crippen LogP contribution in [0.1, 0.15) is 187 Å². The first-order valence-electron chi connectivity index (χ1n) is 22.5. The molecule has 0 saturated carbocycles. The van der Waals surface area contributed by atoms with E-state index in [0.717, 1.165) is 77.2 Å². The van der Waals surface area contributed by atoms with Gasteiger partial charge in [-0.15, -0.1) is 0 Å². The number of nitrogens with one attached hydrogen (secondary N) is 1. The minimum Gasteiger partial charge on any atom is -0.464 e. The number of carbonyl (C=O) groups excluding carboxylic acids is 2. The van der Waals surface area contributed by atoms with Gasteiger partial charge in [0.15, 0.2) is 0 Å². The van der Waals surface area contributed by atoms with Gasteiger partial charge in [-0.1, -0.05) is 133 Å². The summed E-state index contributed by atoms with van der Waals surface area (Å²) in [6.45, 7) is 6.24. The lowest BCUT2D eigenvalue weighted by atomic mass is 10.1. The highest BCUT2D eigenvalue weighted by Gasteiger charge is 2.40. The highest BCUT2D eigenvalue weighted by Crippen LogP contribution is 2.23. The van der Waals surface area contributed by atoms with Crippen molar-refractivity contribution in [3.63, 3.8) is 0 Å². The van der Waals surface area contributed by atoms with Crippen LogP contribution in [0.5, 0.6) is 0 Å². The summed E-state index contributed by atoms with van der Waals surface area (Å²) in [5, 5.41) is 13.9. The van der Waals surface area contributed by atoms with E-state index in [1.807, 2.05) is 14.1 Å². The number of unbranched alkanes of at least 4 members (excludes halogenated alkanes) is 17. The Bertz CT molecular complexity index is 1010. The molecule has 3 atom stereocenters. The zero-order valence-electron chi connectivity index (χ0n) is 35.6. The number of allylic oxidation sites excluding steroid dienone is 8. The molecule has 2 N–H and O–H groups in total. The van der Waals surface area contributed by atoms with Crippen LogP contribution in [-0.4, -0.2) is 78.9 Å². The second-order valence-corrected chi connectivity index (χ2v) is 15.9. The fraction of sp³-hybridized carbons (Fsp3) is 0.787. The van der Waals surface area contributed by atoms with Crippen LogP contribution in [0.15, 0.2) is 48.6 Å². The zero-order valence-corrected chi connectivity index (χ0v) is 35.6. The van der Waals surface area contributed by atoms with Crippen LogP contribution in [-0.2, 0) is 14.3 Å². The molecule has 1 aliphatic heterocycles. The number of ether oxygens (including phenoxy) is 1. The molecule has 0 radical (unpaired) electrons. The Hall–Kier alpha value is -2.22. The number of aliphatic hydroxyl groups excluding tert-OH is 1. The Balaban J connectivity index is 2.35. The van der Waals surface area contributed by atoms with Gasteiger partial charge in [-0.25, -0.2) is 4.79 Å². The van der Waals surface area contributed by atoms with Gasteiger partial charge in [-0.2, -0.15) is 0 Å². The van der Waals surface area contributed by atoms with Gasteiger partial charge in [-0.3, -0.25) is 10.1 Å². The van der Waals surface area contributed by atoms with Crippen molar-refractivity contribution in [2.45, 2.75) is 206 Å². The maximum atomic E-state index is 13.4. The molecule has 1 rings (SSSR count). The van der Waals surface area contributed by atoms with Crippen LogP contribution < -0.4 is 5.32 Å². The Morgan fingerprint density at radius 1 is 0.685 bits per heavy atom. The molecule has 1 unspecified atom stereocenters. The number of likely N-dealkylation sites (tertiary alicyclic amines) is 1. The standard InChI is InChI=1S/C47H85N3O4/c1-5-7-9-11-13-15-17-19-21-23-25-27-29-31-33-35-40-54-47(53)44-41-43(48-45(51)37-36-39-49(3)4)42-50(44)46(52)38-34-32-30-28-26-24-22-20-18-16-14-12-10-8-6-2/h13-16,19-22,43-45,48,51H,5-12,17-18,23-42H2,1-4H3/b15-13-,16-14-,21-19-,22-20-/t43-,44+,45?/m1/s1. The quantitative estimate of drug-likeness (QED) is 0.0287. The molecule has 0 spiro atoms. The van der Waals surface area contributed by atoms with E-state index in [-0.39, 0.29) is 17.9 Å². The predicted octanol–water partition coefficient (Wildman–Crippen LogP) is 11.4. The number of carbonyl (C=O) groups is 2. The van der Waals surface area contributed by atoms with Crippen LogP contribution in [0.25, 0.3) is 0 Å². The molecule has 0 aromatic rings. The molecular weight excluding hydrogens is 671 g/mol. The number of aliphatic hydroxyl groups is 1. The molecule has 1 heterocycles. The minimum atomic E-state index is -0.651. The fourth-order valence-electron chi connectivity index (χ4n) is 7.00. The van der Waals surface area contributed by atoms with Crippen molar-refractivity contribution in [1.29, 1.82) is 0 Å². The second-order valence-electron chi connectivity index (χ2n) is 15.9. The lowest BCUT2D eigenvalue weighted by Crippen LogP contribution is -2.42. The Morgan fingerprint density at radius 3 is 1.69 bits per heavy atom. The van der Waals surface area contributed by atoms with Crippen LogP contribution in [0.3, 0.4) is 0 Å². The monoisotopic (exact) mass is 756 g/mol. The smallest absolute Gasteiger partial charge is 0.328 e. The molecule has 7 heteroatoms. The van der Waals surface area contributed by atoms with E-state index < -0.39 is 12.3 Å². The van der Waals surface area contributed by atoms with E-state index in [1.54, 1.807) is 4.90 Å². The molecule has 312 valence electrons. The minimum absolute atomic E-state index is 0.0303. The first-order chi connectivity index (χ1) is 26.4. The largest absolute Gasteiger partial charge is 0.464 e. The summed E-state index contributed by atoms with van der Waals surface area (Å²) < 4.78 is 5.75. The van der Waals surface area contributed by atoms with E-state index in [2.05, 4.69) is 72.7 Å². The number of rotatable bonds is 36. The van der Waals surface area contributed by atoms with E-state index in [4.69, 9.17) is 4.74 Å². The van der Waals surface area contributed by atoms with Gasteiger partial charge in [0, 0.05) is 19.0 Å². The number of hydrogen-bond donors (Lipinski definition) is 2. The summed E-state index contributed by atoms with van der Waals surface area (Å²) in [6.07, 6.45) is 46.8. The molecule has 0 aromatic carbocycles. The number of esters is 1. The van der Waals surface area contributed by atoms with Gasteiger partial charge in [-0.05, 0) is 117 Å². The van der Waals surface area contributed by atoms with E-state index in [1.165, 1.54) is 83.5 Å². The average molecular weight is 756 g/mol. The third kappa shape index (κ3) is 29.1. The summed E-state index contributed by atoms with van der Waals surface area (Å²) >= 11 is 0. The van der Waals surface area contributed by atoms with Crippen molar-refractivity contribution < 1.29 is 19.4 Å². The topological polar surface area (TPSA) is 82.1 Å². The molecule has 0 aliphatic carbocycles. The molecule has 54 heavy (non-hydrogen) atoms. The molecule has 1 amide bonds. The highest BCUT2D eigenvalue weighted by molar-refractivity contribution is 5.85. The number of hydrogen-bond acceptors (Lipinski definition) is 6. The fourth-order valence-corrected chi connectivity index (χ4v) is 7.00. The lowest BCUT2D eigenvalue weighted by molar-refractivity contribution is -0.153. The highest BCUT2D eigenvalue weighted by atomic mass is 16.5. The van der Waals surface area contributed by atoms with E-state index in [0.29, 0.717) is 32.4 Å². The summed E-state index contributed by atoms with van der Waals surface area (Å²) in [6, 6.07) is -0.695. The van der Waals surface area contributed by atoms with Crippen molar-refractivity contribution in [3.05, 3.63) is 48.6 Å². The third-order valence-corrected chi connectivity index (χ3v) is 10.3. The molecule has 1 saturated heterocycles. The van der Waals surface area contributed by atoms with Crippen LogP contribution in [0.4, 0.5) is 0 Å². The summed E-state index contributed by atoms with van der Waals surface area (Å²) in [5.74, 6) is -0.264. The SMILES string of the molecule is CCCCC/C=C\C/C=C\CCCCCCCCOC(=O)[C@@H]1C[C@@H](NC(O)CCCN(C)C)CN1C(=O)CCCCCCC/C=C\C/C=C\CCCCC. The summed E-state index contributed by atoms with van der Waals surface area (Å²) in [5.41, 5.74) is 0. The predicted molar refractivity (Wildman–Crippen MR) is 231 cm³/mol. The van der Waals surface area contributed by atoms with Gasteiger partial charge in [0.05, 0.1) is 6.61 Å². The van der Waals surface area contributed by atoms with Gasteiger partial charge < -0.3 is 19.6 Å². The van der Waals surface area contributed by atoms with Crippen LogP contribution >= 0.6 is 0 Å². The van der Waals surface area contributed by atoms with Crippen molar-refractivity contribution >= 4 is 11.9 Å². The molecule has 0 bridgehead atoms. The van der Waals surface area contributed by atoms with Gasteiger partial charge in [0.1, 0.15) is 12.3 Å². The normalized spacial score (nSPS) is 17.0. The lowest BCUT2D eigenvalue weighted by Gasteiger charge is -2.23. The Morgan fingerprint density at radius 2 is 1.17 bits per heavy atom. The Kier molecular flexibility index (Phi) is 33.6. The van der Waals surface area contributed by atoms with E-state index in [9.17, 15) is 14.7 Å². The van der Waals surface area contributed by atoms with Crippen molar-refractivity contribution in [2.24, 2.45) is 0 Å². The molecule has 7 nitrogen and oxygen atoms in total. The van der Waals surface area contributed by atoms with E-state index >= 15 is 0 Å². The van der Waals surface area contributed by atoms with Gasteiger partial charge in [0.25, 0.3) is 0 Å². The maximum Gasteiger partial charge on any atom is 0.328 e. The van der Waals surface area contributed by atoms with Crippen LogP contribution in [0, 0.1) is 0 Å². The van der Waals surface area contributed by atoms with Crippen molar-refractivity contribution in [3.8, 4) is 0 Å². The van der Waals surface area contributed by atoms with Crippen LogP contribution in [0.2, 0.25) is 0 Å². The molecule has 1 fully saturated rings. The zero-order chi connectivity index (χ0) is 39.3. The number of nitrogens with zero attached hydrogens (tertiary/aromatic N) is 2. The third-order valence-electron chi connectivity index (χ3n) is 10.3. The number of amides is 1.